The molecule has 1 aliphatic heterocycles. The van der Waals surface area contributed by atoms with Crippen LogP contribution in [0.15, 0.2) is 48.7 Å². The molecule has 1 fully saturated rings. The van der Waals surface area contributed by atoms with E-state index in [1.807, 2.05) is 42.5 Å². The first-order chi connectivity index (χ1) is 14.1. The highest BCUT2D eigenvalue weighted by Crippen LogP contribution is 2.19. The molecule has 0 spiro atoms. The van der Waals surface area contributed by atoms with Crippen molar-refractivity contribution in [3.63, 3.8) is 0 Å². The lowest BCUT2D eigenvalue weighted by molar-refractivity contribution is 0.0188. The Bertz CT molecular complexity index is 972. The summed E-state index contributed by atoms with van der Waals surface area (Å²) in [6.45, 7) is 0.711. The van der Waals surface area contributed by atoms with Crippen LogP contribution in [0.5, 0.6) is 5.75 Å². The van der Waals surface area contributed by atoms with Crippen molar-refractivity contribution in [3.8, 4) is 5.75 Å². The number of amides is 1. The molecule has 4 rings (SSSR count). The maximum absolute atomic E-state index is 12.3. The zero-order valence-corrected chi connectivity index (χ0v) is 16.1. The Balaban J connectivity index is 1.33. The van der Waals surface area contributed by atoms with Gasteiger partial charge in [-0.25, -0.2) is 4.79 Å². The van der Waals surface area contributed by atoms with E-state index >= 15 is 0 Å². The van der Waals surface area contributed by atoms with Crippen LogP contribution in [0.25, 0.3) is 10.9 Å². The topological polar surface area (TPSA) is 108 Å². The van der Waals surface area contributed by atoms with Gasteiger partial charge in [-0.2, -0.15) is 5.10 Å². The smallest absolute Gasteiger partial charge is 0.407 e. The minimum absolute atomic E-state index is 0.162. The SMILES string of the molecule is COc1ccc(C[C@H]2NC[C@H](O)[C@H]2OC(=O)NCc2ccc3cn[nH]c3c2)cc1. The van der Waals surface area contributed by atoms with Crippen molar-refractivity contribution in [3.05, 3.63) is 59.8 Å². The molecule has 8 nitrogen and oxygen atoms in total. The summed E-state index contributed by atoms with van der Waals surface area (Å²) in [5.74, 6) is 0.786. The average molecular weight is 396 g/mol. The number of alkyl carbamates (subject to hydrolysis) is 1. The van der Waals surface area contributed by atoms with Gasteiger partial charge in [0, 0.05) is 18.5 Å². The number of rotatable bonds is 6. The summed E-state index contributed by atoms with van der Waals surface area (Å²) in [7, 11) is 1.62. The molecule has 29 heavy (non-hydrogen) atoms. The van der Waals surface area contributed by atoms with Gasteiger partial charge in [-0.3, -0.25) is 5.10 Å². The predicted molar refractivity (Wildman–Crippen MR) is 108 cm³/mol. The Kier molecular flexibility index (Phi) is 5.64. The number of methoxy groups -OCH3 is 1. The Labute approximate surface area is 168 Å². The van der Waals surface area contributed by atoms with Crippen molar-refractivity contribution in [2.24, 2.45) is 0 Å². The third kappa shape index (κ3) is 4.49. The number of ether oxygens (including phenoxy) is 2. The Morgan fingerprint density at radius 2 is 2.03 bits per heavy atom. The Morgan fingerprint density at radius 3 is 2.83 bits per heavy atom. The molecular formula is C21H24N4O4. The Hall–Kier alpha value is -3.10. The summed E-state index contributed by atoms with van der Waals surface area (Å²) >= 11 is 0. The molecule has 1 aliphatic rings. The van der Waals surface area contributed by atoms with Crippen molar-refractivity contribution in [2.45, 2.75) is 31.2 Å². The second-order valence-corrected chi connectivity index (χ2v) is 7.15. The third-order valence-electron chi connectivity index (χ3n) is 5.17. The number of H-pyrrole nitrogens is 1. The first-order valence-corrected chi connectivity index (χ1v) is 9.53. The molecule has 152 valence electrons. The van der Waals surface area contributed by atoms with Crippen LogP contribution in [0, 0.1) is 0 Å². The number of aromatic nitrogens is 2. The molecule has 3 aromatic rings. The van der Waals surface area contributed by atoms with E-state index in [1.54, 1.807) is 13.3 Å². The Morgan fingerprint density at radius 1 is 1.24 bits per heavy atom. The zero-order chi connectivity index (χ0) is 20.2. The molecule has 8 heteroatoms. The van der Waals surface area contributed by atoms with Crippen LogP contribution < -0.4 is 15.4 Å². The van der Waals surface area contributed by atoms with Crippen LogP contribution in [-0.2, 0) is 17.7 Å². The van der Waals surface area contributed by atoms with E-state index in [0.717, 1.165) is 27.8 Å². The fraction of sp³-hybridized carbons (Fsp3) is 0.333. The van der Waals surface area contributed by atoms with Gasteiger partial charge in [-0.05, 0) is 35.7 Å². The predicted octanol–water partition coefficient (Wildman–Crippen LogP) is 1.74. The van der Waals surface area contributed by atoms with Crippen LogP contribution in [-0.4, -0.2) is 53.3 Å². The number of hydrogen-bond donors (Lipinski definition) is 4. The van der Waals surface area contributed by atoms with Crippen LogP contribution in [0.3, 0.4) is 0 Å². The average Bonchev–Trinajstić information content (AvgIpc) is 3.34. The fourth-order valence-corrected chi connectivity index (χ4v) is 3.57. The summed E-state index contributed by atoms with van der Waals surface area (Å²) in [4.78, 5) is 12.3. The number of carbonyl (C=O) groups excluding carboxylic acids is 1. The normalized spacial score (nSPS) is 21.2. The summed E-state index contributed by atoms with van der Waals surface area (Å²) < 4.78 is 10.7. The molecular weight excluding hydrogens is 372 g/mol. The van der Waals surface area contributed by atoms with Gasteiger partial charge in [0.15, 0.2) is 0 Å². The van der Waals surface area contributed by atoms with Gasteiger partial charge >= 0.3 is 6.09 Å². The minimum Gasteiger partial charge on any atom is -0.497 e. The van der Waals surface area contributed by atoms with Gasteiger partial charge in [0.2, 0.25) is 0 Å². The van der Waals surface area contributed by atoms with Gasteiger partial charge in [-0.15, -0.1) is 0 Å². The quantitative estimate of drug-likeness (QED) is 0.506. The molecule has 1 amide bonds. The molecule has 2 aromatic carbocycles. The summed E-state index contributed by atoms with van der Waals surface area (Å²) in [5, 5.41) is 24.1. The van der Waals surface area contributed by atoms with Crippen LogP contribution in [0.2, 0.25) is 0 Å². The highest BCUT2D eigenvalue weighted by Gasteiger charge is 2.37. The van der Waals surface area contributed by atoms with E-state index < -0.39 is 18.3 Å². The van der Waals surface area contributed by atoms with E-state index in [-0.39, 0.29) is 6.04 Å². The van der Waals surface area contributed by atoms with Gasteiger partial charge in [0.1, 0.15) is 18.0 Å². The van der Waals surface area contributed by atoms with E-state index in [2.05, 4.69) is 20.8 Å². The first-order valence-electron chi connectivity index (χ1n) is 9.53. The molecule has 2 heterocycles. The maximum Gasteiger partial charge on any atom is 0.407 e. The molecule has 1 aromatic heterocycles. The van der Waals surface area contributed by atoms with Gasteiger partial charge < -0.3 is 25.2 Å². The van der Waals surface area contributed by atoms with Crippen LogP contribution in [0.1, 0.15) is 11.1 Å². The van der Waals surface area contributed by atoms with Crippen molar-refractivity contribution < 1.29 is 19.4 Å². The number of β-amino-alcohol motifs (C(OH)–C–C–N with tert-alkyl or cyclic N) is 1. The molecule has 3 atom stereocenters. The zero-order valence-electron chi connectivity index (χ0n) is 16.1. The van der Waals surface area contributed by atoms with Crippen molar-refractivity contribution in [1.29, 1.82) is 0 Å². The number of fused-ring (bicyclic) bond motifs is 1. The van der Waals surface area contributed by atoms with Gasteiger partial charge in [0.25, 0.3) is 0 Å². The number of nitrogens with one attached hydrogen (secondary N) is 3. The van der Waals surface area contributed by atoms with Crippen molar-refractivity contribution >= 4 is 17.0 Å². The number of carbonyl (C=O) groups is 1. The number of nitrogens with zero attached hydrogens (tertiary/aromatic N) is 1. The number of benzene rings is 2. The molecule has 1 saturated heterocycles. The number of hydrogen-bond acceptors (Lipinski definition) is 6. The highest BCUT2D eigenvalue weighted by molar-refractivity contribution is 5.78. The van der Waals surface area contributed by atoms with Gasteiger partial charge in [0.05, 0.1) is 24.9 Å². The van der Waals surface area contributed by atoms with Crippen molar-refractivity contribution in [1.82, 2.24) is 20.8 Å². The second-order valence-electron chi connectivity index (χ2n) is 7.15. The molecule has 0 radical (unpaired) electrons. The van der Waals surface area contributed by atoms with E-state index in [0.29, 0.717) is 19.5 Å². The van der Waals surface area contributed by atoms with E-state index in [1.165, 1.54) is 0 Å². The monoisotopic (exact) mass is 396 g/mol. The van der Waals surface area contributed by atoms with Crippen LogP contribution >= 0.6 is 0 Å². The number of aliphatic hydroxyl groups is 1. The van der Waals surface area contributed by atoms with Gasteiger partial charge in [-0.1, -0.05) is 24.3 Å². The molecule has 4 N–H and O–H groups in total. The van der Waals surface area contributed by atoms with Crippen LogP contribution in [0.4, 0.5) is 4.79 Å². The summed E-state index contributed by atoms with van der Waals surface area (Å²) in [5.41, 5.74) is 2.91. The third-order valence-corrected chi connectivity index (χ3v) is 5.17. The van der Waals surface area contributed by atoms with E-state index in [4.69, 9.17) is 9.47 Å². The lowest BCUT2D eigenvalue weighted by Gasteiger charge is -2.22. The largest absolute Gasteiger partial charge is 0.497 e. The fourth-order valence-electron chi connectivity index (χ4n) is 3.57. The number of aliphatic hydroxyl groups excluding tert-OH is 1. The standard InChI is InChI=1S/C21H24N4O4/c1-28-16-6-3-13(4-7-16)8-18-20(19(26)12-22-18)29-21(27)23-10-14-2-5-15-11-24-25-17(15)9-14/h2-7,9,11,18-20,22,26H,8,10,12H2,1H3,(H,23,27)(H,24,25)/t18-,19+,20+/m1/s1. The highest BCUT2D eigenvalue weighted by atomic mass is 16.6. The first kappa shape index (κ1) is 19.2. The molecule has 0 aliphatic carbocycles. The maximum atomic E-state index is 12.3. The van der Waals surface area contributed by atoms with Crippen molar-refractivity contribution in [2.75, 3.05) is 13.7 Å². The number of aromatic amines is 1. The molecule has 0 bridgehead atoms. The van der Waals surface area contributed by atoms with E-state index in [9.17, 15) is 9.90 Å². The lowest BCUT2D eigenvalue weighted by atomic mass is 10.0. The minimum atomic E-state index is -0.745. The lowest BCUT2D eigenvalue weighted by Crippen LogP contribution is -2.41. The molecule has 0 unspecified atom stereocenters. The summed E-state index contributed by atoms with van der Waals surface area (Å²) in [6, 6.07) is 13.3. The molecule has 0 saturated carbocycles. The summed E-state index contributed by atoms with van der Waals surface area (Å²) in [6.07, 6.45) is 0.466. The second kappa shape index (κ2) is 8.50.